The molecule has 28 heavy (non-hydrogen) atoms. The van der Waals surface area contributed by atoms with E-state index in [1.54, 1.807) is 12.1 Å². The number of carbonyl (C=O) groups is 1. The first-order valence-electron chi connectivity index (χ1n) is 9.16. The maximum atomic E-state index is 12.3. The van der Waals surface area contributed by atoms with Crippen molar-refractivity contribution in [1.82, 2.24) is 4.98 Å². The number of ether oxygens (including phenoxy) is 2. The van der Waals surface area contributed by atoms with Gasteiger partial charge in [-0.3, -0.25) is 10.1 Å². The van der Waals surface area contributed by atoms with Crippen LogP contribution in [0.15, 0.2) is 47.8 Å². The van der Waals surface area contributed by atoms with Gasteiger partial charge in [-0.15, -0.1) is 11.3 Å². The second-order valence-corrected chi connectivity index (χ2v) is 8.37. The average molecular weight is 394 g/mol. The lowest BCUT2D eigenvalue weighted by atomic mass is 10.0. The Labute approximate surface area is 168 Å². The van der Waals surface area contributed by atoms with Crippen LogP contribution in [0.4, 0.5) is 5.13 Å². The van der Waals surface area contributed by atoms with Crippen LogP contribution in [0.3, 0.4) is 0 Å². The molecule has 3 aromatic rings. The summed E-state index contributed by atoms with van der Waals surface area (Å²) in [4.78, 5) is 16.6. The van der Waals surface area contributed by atoms with Gasteiger partial charge in [-0.1, -0.05) is 24.3 Å². The van der Waals surface area contributed by atoms with E-state index < -0.39 is 0 Å². The first kappa shape index (κ1) is 18.5. The maximum absolute atomic E-state index is 12.3. The molecule has 0 bridgehead atoms. The van der Waals surface area contributed by atoms with E-state index in [1.807, 2.05) is 36.6 Å². The minimum Gasteiger partial charge on any atom is -0.485 e. The molecule has 1 aromatic heterocycles. The summed E-state index contributed by atoms with van der Waals surface area (Å²) in [7, 11) is 0. The van der Waals surface area contributed by atoms with Crippen molar-refractivity contribution in [3.63, 3.8) is 0 Å². The van der Waals surface area contributed by atoms with Crippen LogP contribution in [0.1, 0.15) is 41.0 Å². The summed E-state index contributed by atoms with van der Waals surface area (Å²) in [6.07, 6.45) is 0.877. The van der Waals surface area contributed by atoms with Crippen molar-refractivity contribution >= 4 is 22.4 Å². The van der Waals surface area contributed by atoms with Gasteiger partial charge in [0.1, 0.15) is 12.2 Å². The Bertz CT molecular complexity index is 1010. The molecule has 0 atom stereocenters. The highest BCUT2D eigenvalue weighted by atomic mass is 32.1. The molecule has 0 spiro atoms. The van der Waals surface area contributed by atoms with Crippen molar-refractivity contribution in [2.45, 2.75) is 39.4 Å². The Morgan fingerprint density at radius 3 is 2.75 bits per heavy atom. The fourth-order valence-corrected chi connectivity index (χ4v) is 3.88. The van der Waals surface area contributed by atoms with E-state index in [9.17, 15) is 4.79 Å². The number of nitrogens with zero attached hydrogens (tertiary/aromatic N) is 1. The highest BCUT2D eigenvalue weighted by Gasteiger charge is 2.32. The van der Waals surface area contributed by atoms with Gasteiger partial charge in [0.15, 0.2) is 16.6 Å². The number of amides is 1. The second kappa shape index (κ2) is 7.28. The number of hydrogen-bond acceptors (Lipinski definition) is 5. The second-order valence-electron chi connectivity index (χ2n) is 7.52. The van der Waals surface area contributed by atoms with Crippen LogP contribution in [-0.2, 0) is 13.0 Å². The number of rotatable bonds is 5. The third-order valence-electron chi connectivity index (χ3n) is 4.50. The summed E-state index contributed by atoms with van der Waals surface area (Å²) in [5, 5.41) is 5.32. The molecule has 4 rings (SSSR count). The van der Waals surface area contributed by atoms with Crippen molar-refractivity contribution < 1.29 is 14.3 Å². The van der Waals surface area contributed by atoms with E-state index in [4.69, 9.17) is 9.47 Å². The number of hydrogen-bond donors (Lipinski definition) is 1. The monoisotopic (exact) mass is 394 g/mol. The van der Waals surface area contributed by atoms with Crippen molar-refractivity contribution in [3.8, 4) is 11.5 Å². The summed E-state index contributed by atoms with van der Waals surface area (Å²) < 4.78 is 12.0. The SMILES string of the molecule is Cc1csc(NC(=O)c2ccc(COc3cccc4c3OC(C)(C)C4)cc2)n1. The number of anilines is 1. The molecule has 144 valence electrons. The predicted molar refractivity (Wildman–Crippen MR) is 110 cm³/mol. The third kappa shape index (κ3) is 4.02. The third-order valence-corrected chi connectivity index (χ3v) is 5.38. The number of nitrogens with one attached hydrogen (secondary N) is 1. The Kier molecular flexibility index (Phi) is 4.81. The van der Waals surface area contributed by atoms with Crippen LogP contribution in [0.2, 0.25) is 0 Å². The number of fused-ring (bicyclic) bond motifs is 1. The summed E-state index contributed by atoms with van der Waals surface area (Å²) in [5.41, 5.74) is 3.44. The van der Waals surface area contributed by atoms with Crippen molar-refractivity contribution in [3.05, 3.63) is 70.2 Å². The highest BCUT2D eigenvalue weighted by molar-refractivity contribution is 7.13. The molecule has 5 nitrogen and oxygen atoms in total. The zero-order valence-electron chi connectivity index (χ0n) is 16.1. The maximum Gasteiger partial charge on any atom is 0.257 e. The lowest BCUT2D eigenvalue weighted by Gasteiger charge is -2.18. The molecule has 0 unspecified atom stereocenters. The zero-order valence-corrected chi connectivity index (χ0v) is 16.9. The molecule has 1 N–H and O–H groups in total. The fourth-order valence-electron chi connectivity index (χ4n) is 3.20. The van der Waals surface area contributed by atoms with Gasteiger partial charge in [-0.25, -0.2) is 4.98 Å². The summed E-state index contributed by atoms with van der Waals surface area (Å²) in [5.74, 6) is 1.42. The molecule has 0 fully saturated rings. The zero-order chi connectivity index (χ0) is 19.7. The Hall–Kier alpha value is -2.86. The Morgan fingerprint density at radius 2 is 2.04 bits per heavy atom. The summed E-state index contributed by atoms with van der Waals surface area (Å²) in [6.45, 7) is 6.46. The quantitative estimate of drug-likeness (QED) is 0.662. The largest absolute Gasteiger partial charge is 0.485 e. The van der Waals surface area contributed by atoms with E-state index in [0.717, 1.165) is 29.2 Å². The summed E-state index contributed by atoms with van der Waals surface area (Å²) in [6, 6.07) is 13.4. The molecule has 2 heterocycles. The van der Waals surface area contributed by atoms with Gasteiger partial charge in [-0.2, -0.15) is 0 Å². The van der Waals surface area contributed by atoms with Crippen LogP contribution in [-0.4, -0.2) is 16.5 Å². The van der Waals surface area contributed by atoms with Crippen LogP contribution in [0.5, 0.6) is 11.5 Å². The number of para-hydroxylation sites is 1. The molecule has 1 aliphatic rings. The van der Waals surface area contributed by atoms with E-state index in [2.05, 4.69) is 30.2 Å². The van der Waals surface area contributed by atoms with Gasteiger partial charge in [0.05, 0.1) is 5.69 Å². The van der Waals surface area contributed by atoms with E-state index >= 15 is 0 Å². The number of benzene rings is 2. The first-order chi connectivity index (χ1) is 13.4. The first-order valence-corrected chi connectivity index (χ1v) is 10.0. The van der Waals surface area contributed by atoms with Crippen molar-refractivity contribution in [1.29, 1.82) is 0 Å². The Balaban J connectivity index is 1.39. The molecule has 1 aliphatic heterocycles. The van der Waals surface area contributed by atoms with Crippen LogP contribution in [0, 0.1) is 6.92 Å². The van der Waals surface area contributed by atoms with Gasteiger partial charge < -0.3 is 9.47 Å². The molecule has 0 radical (unpaired) electrons. The topological polar surface area (TPSA) is 60.5 Å². The number of carbonyl (C=O) groups excluding carboxylic acids is 1. The molecule has 6 heteroatoms. The average Bonchev–Trinajstić information content (AvgIpc) is 3.21. The van der Waals surface area contributed by atoms with Crippen LogP contribution in [0.25, 0.3) is 0 Å². The molecule has 2 aromatic carbocycles. The minimum absolute atomic E-state index is 0.168. The molecule has 0 aliphatic carbocycles. The van der Waals surface area contributed by atoms with Gasteiger partial charge >= 0.3 is 0 Å². The van der Waals surface area contributed by atoms with Crippen LogP contribution < -0.4 is 14.8 Å². The highest BCUT2D eigenvalue weighted by Crippen LogP contribution is 2.41. The number of thiazole rings is 1. The van der Waals surface area contributed by atoms with Gasteiger partial charge in [0.2, 0.25) is 0 Å². The lowest BCUT2D eigenvalue weighted by Crippen LogP contribution is -2.24. The standard InChI is InChI=1S/C22H22N2O3S/c1-14-13-28-21(23-14)24-20(25)16-9-7-15(8-10-16)12-26-18-6-4-5-17-11-22(2,3)27-19(17)18/h4-10,13H,11-12H2,1-3H3,(H,23,24,25). The molecule has 1 amide bonds. The number of aromatic nitrogens is 1. The summed E-state index contributed by atoms with van der Waals surface area (Å²) >= 11 is 1.42. The smallest absolute Gasteiger partial charge is 0.257 e. The minimum atomic E-state index is -0.202. The van der Waals surface area contributed by atoms with Gasteiger partial charge in [-0.05, 0) is 44.5 Å². The van der Waals surface area contributed by atoms with Crippen LogP contribution >= 0.6 is 11.3 Å². The number of aryl methyl sites for hydroxylation is 1. The van der Waals surface area contributed by atoms with Crippen molar-refractivity contribution in [2.75, 3.05) is 5.32 Å². The Morgan fingerprint density at radius 1 is 1.25 bits per heavy atom. The van der Waals surface area contributed by atoms with E-state index in [-0.39, 0.29) is 11.5 Å². The molecule has 0 saturated carbocycles. The van der Waals surface area contributed by atoms with Gasteiger partial charge in [0, 0.05) is 22.9 Å². The van der Waals surface area contributed by atoms with Gasteiger partial charge in [0.25, 0.3) is 5.91 Å². The lowest BCUT2D eigenvalue weighted by molar-refractivity contribution is 0.102. The molecule has 0 saturated heterocycles. The fraction of sp³-hybridized carbons (Fsp3) is 0.273. The normalized spacial score (nSPS) is 14.2. The molecular weight excluding hydrogens is 372 g/mol. The van der Waals surface area contributed by atoms with Crippen molar-refractivity contribution in [2.24, 2.45) is 0 Å². The van der Waals surface area contributed by atoms with E-state index in [0.29, 0.717) is 17.3 Å². The molecular formula is C22H22N2O3S. The van der Waals surface area contributed by atoms with E-state index in [1.165, 1.54) is 16.9 Å². The predicted octanol–water partition coefficient (Wildman–Crippen LogP) is 5.00.